The molecule has 0 rings (SSSR count). The third-order valence-electron chi connectivity index (χ3n) is 1.47. The maximum atomic E-state index is 8.56. The van der Waals surface area contributed by atoms with Crippen molar-refractivity contribution >= 4 is 25.3 Å². The van der Waals surface area contributed by atoms with Crippen LogP contribution in [0.5, 0.6) is 0 Å². The van der Waals surface area contributed by atoms with E-state index in [2.05, 4.69) is 25.3 Å². The summed E-state index contributed by atoms with van der Waals surface area (Å²) in [5, 5.41) is 17.5. The molecule has 11 heavy (non-hydrogen) atoms. The first-order chi connectivity index (χ1) is 5.20. The summed E-state index contributed by atoms with van der Waals surface area (Å²) in [6.45, 7) is 0.349. The summed E-state index contributed by atoms with van der Waals surface area (Å²) in [5.41, 5.74) is 0. The Hall–Kier alpha value is 0.620. The molecule has 0 aromatic heterocycles. The maximum absolute atomic E-state index is 8.56. The molecule has 0 bridgehead atoms. The minimum atomic E-state index is 0.174. The molecule has 2 nitrogen and oxygen atoms in total. The standard InChI is InChI=1S/C7H16O2S2/c8-3-1-6(10)5-7(11)2-4-9/h6-11H,1-5H2. The predicted octanol–water partition coefficient (Wildman–Crippen LogP) is 0.738. The van der Waals surface area contributed by atoms with Crippen molar-refractivity contribution < 1.29 is 10.2 Å². The van der Waals surface area contributed by atoms with Crippen molar-refractivity contribution in [3.8, 4) is 0 Å². The number of hydrogen-bond donors (Lipinski definition) is 4. The van der Waals surface area contributed by atoms with E-state index in [1.165, 1.54) is 0 Å². The van der Waals surface area contributed by atoms with Crippen LogP contribution in [0.4, 0.5) is 0 Å². The van der Waals surface area contributed by atoms with Crippen molar-refractivity contribution in [1.29, 1.82) is 0 Å². The first kappa shape index (κ1) is 11.6. The highest BCUT2D eigenvalue weighted by Crippen LogP contribution is 2.15. The van der Waals surface area contributed by atoms with Gasteiger partial charge in [-0.2, -0.15) is 25.3 Å². The minimum Gasteiger partial charge on any atom is -0.396 e. The lowest BCUT2D eigenvalue weighted by Gasteiger charge is -2.13. The van der Waals surface area contributed by atoms with Gasteiger partial charge in [0.2, 0.25) is 0 Å². The van der Waals surface area contributed by atoms with Crippen LogP contribution in [0.25, 0.3) is 0 Å². The van der Waals surface area contributed by atoms with E-state index in [9.17, 15) is 0 Å². The molecule has 2 N–H and O–H groups in total. The van der Waals surface area contributed by atoms with Crippen molar-refractivity contribution in [3.05, 3.63) is 0 Å². The molecular formula is C7H16O2S2. The quantitative estimate of drug-likeness (QED) is 0.473. The lowest BCUT2D eigenvalue weighted by atomic mass is 10.1. The van der Waals surface area contributed by atoms with Gasteiger partial charge in [0.15, 0.2) is 0 Å². The van der Waals surface area contributed by atoms with Crippen molar-refractivity contribution in [1.82, 2.24) is 0 Å². The van der Waals surface area contributed by atoms with Crippen LogP contribution in [-0.4, -0.2) is 33.9 Å². The van der Waals surface area contributed by atoms with Gasteiger partial charge in [0, 0.05) is 23.7 Å². The van der Waals surface area contributed by atoms with Crippen molar-refractivity contribution in [3.63, 3.8) is 0 Å². The third-order valence-corrected chi connectivity index (χ3v) is 2.41. The molecular weight excluding hydrogens is 180 g/mol. The molecule has 0 radical (unpaired) electrons. The summed E-state index contributed by atoms with van der Waals surface area (Å²) < 4.78 is 0. The lowest BCUT2D eigenvalue weighted by molar-refractivity contribution is 0.276. The molecule has 0 aliphatic heterocycles. The fraction of sp³-hybridized carbons (Fsp3) is 1.00. The Morgan fingerprint density at radius 1 is 0.909 bits per heavy atom. The second-order valence-electron chi connectivity index (χ2n) is 2.57. The molecule has 0 saturated carbocycles. The second kappa shape index (κ2) is 7.28. The Bertz CT molecular complexity index is 80.5. The van der Waals surface area contributed by atoms with Crippen LogP contribution in [0.1, 0.15) is 19.3 Å². The first-order valence-corrected chi connectivity index (χ1v) is 4.81. The Morgan fingerprint density at radius 2 is 1.27 bits per heavy atom. The zero-order valence-corrected chi connectivity index (χ0v) is 8.27. The molecule has 0 aromatic rings. The Kier molecular flexibility index (Phi) is 7.69. The summed E-state index contributed by atoms with van der Waals surface area (Å²) in [4.78, 5) is 0. The van der Waals surface area contributed by atoms with Crippen LogP contribution in [0.2, 0.25) is 0 Å². The van der Waals surface area contributed by atoms with Gasteiger partial charge in [0.25, 0.3) is 0 Å². The molecule has 0 aromatic carbocycles. The third kappa shape index (κ3) is 7.00. The molecule has 0 spiro atoms. The summed E-state index contributed by atoms with van der Waals surface area (Å²) in [6.07, 6.45) is 2.24. The van der Waals surface area contributed by atoms with E-state index in [1.807, 2.05) is 0 Å². The van der Waals surface area contributed by atoms with Crippen molar-refractivity contribution in [2.24, 2.45) is 0 Å². The van der Waals surface area contributed by atoms with Gasteiger partial charge in [0.1, 0.15) is 0 Å². The average molecular weight is 196 g/mol. The smallest absolute Gasteiger partial charge is 0.0441 e. The number of thiol groups is 2. The van der Waals surface area contributed by atoms with Crippen LogP contribution in [0, 0.1) is 0 Å². The zero-order valence-electron chi connectivity index (χ0n) is 6.48. The molecule has 0 fully saturated rings. The summed E-state index contributed by atoms with van der Waals surface area (Å²) in [5.74, 6) is 0. The van der Waals surface area contributed by atoms with E-state index >= 15 is 0 Å². The molecule has 0 heterocycles. The zero-order chi connectivity index (χ0) is 8.69. The van der Waals surface area contributed by atoms with Crippen molar-refractivity contribution in [2.75, 3.05) is 13.2 Å². The average Bonchev–Trinajstić information content (AvgIpc) is 1.87. The highest BCUT2D eigenvalue weighted by molar-refractivity contribution is 7.81. The normalized spacial score (nSPS) is 16.4. The Balaban J connectivity index is 3.32. The number of aliphatic hydroxyl groups excluding tert-OH is 2. The molecule has 68 valence electrons. The van der Waals surface area contributed by atoms with Gasteiger partial charge in [-0.05, 0) is 19.3 Å². The van der Waals surface area contributed by atoms with E-state index in [1.54, 1.807) is 0 Å². The van der Waals surface area contributed by atoms with Gasteiger partial charge in [-0.3, -0.25) is 0 Å². The fourth-order valence-electron chi connectivity index (χ4n) is 0.848. The van der Waals surface area contributed by atoms with E-state index in [0.717, 1.165) is 6.42 Å². The maximum Gasteiger partial charge on any atom is 0.0441 e. The summed E-state index contributed by atoms with van der Waals surface area (Å²) in [7, 11) is 0. The molecule has 2 unspecified atom stereocenters. The van der Waals surface area contributed by atoms with Gasteiger partial charge in [-0.1, -0.05) is 0 Å². The molecule has 0 saturated heterocycles. The van der Waals surface area contributed by atoms with Crippen LogP contribution >= 0.6 is 25.3 Å². The largest absolute Gasteiger partial charge is 0.396 e. The second-order valence-corrected chi connectivity index (χ2v) is 4.03. The van der Waals surface area contributed by atoms with Crippen LogP contribution in [-0.2, 0) is 0 Å². The van der Waals surface area contributed by atoms with Gasteiger partial charge in [0.05, 0.1) is 0 Å². The molecule has 0 amide bonds. The molecule has 0 aliphatic rings. The lowest BCUT2D eigenvalue weighted by Crippen LogP contribution is -2.11. The molecule has 4 heteroatoms. The number of hydrogen-bond acceptors (Lipinski definition) is 4. The summed E-state index contributed by atoms with van der Waals surface area (Å²) in [6, 6.07) is 0. The SMILES string of the molecule is OCCC(S)CC(S)CCO. The van der Waals surface area contributed by atoms with E-state index in [0.29, 0.717) is 12.8 Å². The topological polar surface area (TPSA) is 40.5 Å². The highest BCUT2D eigenvalue weighted by Gasteiger charge is 2.08. The molecule has 0 aliphatic carbocycles. The van der Waals surface area contributed by atoms with Gasteiger partial charge in [-0.25, -0.2) is 0 Å². The number of aliphatic hydroxyl groups is 2. The fourth-order valence-corrected chi connectivity index (χ4v) is 1.75. The predicted molar refractivity (Wildman–Crippen MR) is 53.6 cm³/mol. The van der Waals surface area contributed by atoms with Crippen LogP contribution < -0.4 is 0 Å². The Labute approximate surface area is 78.8 Å². The highest BCUT2D eigenvalue weighted by atomic mass is 32.1. The van der Waals surface area contributed by atoms with E-state index < -0.39 is 0 Å². The van der Waals surface area contributed by atoms with Gasteiger partial charge in [-0.15, -0.1) is 0 Å². The van der Waals surface area contributed by atoms with Crippen LogP contribution in [0.3, 0.4) is 0 Å². The van der Waals surface area contributed by atoms with Crippen molar-refractivity contribution in [2.45, 2.75) is 29.8 Å². The van der Waals surface area contributed by atoms with E-state index in [-0.39, 0.29) is 23.7 Å². The van der Waals surface area contributed by atoms with Crippen LogP contribution in [0.15, 0.2) is 0 Å². The van der Waals surface area contributed by atoms with Gasteiger partial charge < -0.3 is 10.2 Å². The Morgan fingerprint density at radius 3 is 1.55 bits per heavy atom. The monoisotopic (exact) mass is 196 g/mol. The van der Waals surface area contributed by atoms with Gasteiger partial charge >= 0.3 is 0 Å². The number of rotatable bonds is 6. The van der Waals surface area contributed by atoms with E-state index in [4.69, 9.17) is 10.2 Å². The minimum absolute atomic E-state index is 0.174. The first-order valence-electron chi connectivity index (χ1n) is 3.78. The molecule has 2 atom stereocenters. The summed E-state index contributed by atoms with van der Waals surface area (Å²) >= 11 is 8.50.